The van der Waals surface area contributed by atoms with Gasteiger partial charge in [-0.05, 0) is 33.2 Å². The Labute approximate surface area is 107 Å². The van der Waals surface area contributed by atoms with Gasteiger partial charge in [0, 0.05) is 11.6 Å². The molecule has 0 bridgehead atoms. The molecule has 102 valence electrons. The third kappa shape index (κ3) is 1.72. The number of carbonyl (C=O) groups is 2. The highest BCUT2D eigenvalue weighted by molar-refractivity contribution is 5.84. The van der Waals surface area contributed by atoms with Gasteiger partial charge in [-0.25, -0.2) is 0 Å². The Morgan fingerprint density at radius 2 is 1.78 bits per heavy atom. The molecule has 2 aliphatic rings. The van der Waals surface area contributed by atoms with Crippen LogP contribution < -0.4 is 0 Å². The Kier molecular flexibility index (Phi) is 3.36. The van der Waals surface area contributed by atoms with Gasteiger partial charge in [0.1, 0.15) is 0 Å². The Balaban J connectivity index is 2.39. The van der Waals surface area contributed by atoms with E-state index in [1.165, 1.54) is 14.2 Å². The third-order valence-corrected chi connectivity index (χ3v) is 4.50. The number of hydrogen-bond acceptors (Lipinski definition) is 5. The highest BCUT2D eigenvalue weighted by atomic mass is 16.5. The highest BCUT2D eigenvalue weighted by Crippen LogP contribution is 2.48. The molecule has 0 aliphatic carbocycles. The van der Waals surface area contributed by atoms with E-state index in [9.17, 15) is 9.59 Å². The first-order chi connectivity index (χ1) is 8.45. The molecule has 0 aromatic carbocycles. The van der Waals surface area contributed by atoms with Crippen molar-refractivity contribution < 1.29 is 19.1 Å². The molecule has 5 heteroatoms. The van der Waals surface area contributed by atoms with E-state index in [0.717, 1.165) is 19.4 Å². The Morgan fingerprint density at radius 3 is 2.33 bits per heavy atom. The van der Waals surface area contributed by atoms with E-state index in [0.29, 0.717) is 0 Å². The summed E-state index contributed by atoms with van der Waals surface area (Å²) in [5.41, 5.74) is -0.354. The smallest absolute Gasteiger partial charge is 0.311 e. The molecule has 3 unspecified atom stereocenters. The third-order valence-electron chi connectivity index (χ3n) is 4.50. The van der Waals surface area contributed by atoms with Crippen molar-refractivity contribution in [3.05, 3.63) is 0 Å². The van der Waals surface area contributed by atoms with Crippen LogP contribution in [0.2, 0.25) is 0 Å². The minimum Gasteiger partial charge on any atom is -0.469 e. The van der Waals surface area contributed by atoms with Crippen molar-refractivity contribution in [3.8, 4) is 0 Å². The summed E-state index contributed by atoms with van der Waals surface area (Å²) in [6.45, 7) is 4.95. The van der Waals surface area contributed by atoms with Gasteiger partial charge < -0.3 is 9.47 Å². The molecule has 2 fully saturated rings. The maximum absolute atomic E-state index is 12.0. The molecular formula is C13H21NO4. The number of rotatable bonds is 2. The lowest BCUT2D eigenvalue weighted by Crippen LogP contribution is -2.46. The number of hydrogen-bond donors (Lipinski definition) is 0. The average molecular weight is 255 g/mol. The lowest BCUT2D eigenvalue weighted by Gasteiger charge is -2.34. The minimum atomic E-state index is -0.444. The zero-order valence-electron chi connectivity index (χ0n) is 11.4. The standard InChI is InChI=1S/C13H21NO4/c1-13(2)10(12(16)18-4)9(11(15)17-3)8-6-5-7-14(8)13/h8-10H,5-7H2,1-4H3. The summed E-state index contributed by atoms with van der Waals surface area (Å²) in [6.07, 6.45) is 2.01. The van der Waals surface area contributed by atoms with Gasteiger partial charge in [-0.1, -0.05) is 0 Å². The van der Waals surface area contributed by atoms with Gasteiger partial charge in [-0.2, -0.15) is 0 Å². The van der Waals surface area contributed by atoms with E-state index in [4.69, 9.17) is 9.47 Å². The SMILES string of the molecule is COC(=O)C1C2CCCN2C(C)(C)C1C(=O)OC. The summed E-state index contributed by atoms with van der Waals surface area (Å²) >= 11 is 0. The number of methoxy groups -OCH3 is 2. The van der Waals surface area contributed by atoms with E-state index in [1.54, 1.807) is 0 Å². The first kappa shape index (κ1) is 13.3. The van der Waals surface area contributed by atoms with Crippen LogP contribution >= 0.6 is 0 Å². The molecule has 0 aromatic rings. The van der Waals surface area contributed by atoms with Crippen LogP contribution in [0.25, 0.3) is 0 Å². The van der Waals surface area contributed by atoms with Gasteiger partial charge in [0.05, 0.1) is 26.1 Å². The van der Waals surface area contributed by atoms with Crippen molar-refractivity contribution in [1.29, 1.82) is 0 Å². The fourth-order valence-electron chi connectivity index (χ4n) is 3.71. The first-order valence-corrected chi connectivity index (χ1v) is 6.37. The average Bonchev–Trinajstić information content (AvgIpc) is 2.89. The van der Waals surface area contributed by atoms with Crippen LogP contribution in [-0.4, -0.2) is 49.2 Å². The van der Waals surface area contributed by atoms with Crippen molar-refractivity contribution in [2.24, 2.45) is 11.8 Å². The summed E-state index contributed by atoms with van der Waals surface area (Å²) in [7, 11) is 2.75. The second kappa shape index (κ2) is 4.53. The second-order valence-electron chi connectivity index (χ2n) is 5.61. The second-order valence-corrected chi connectivity index (χ2v) is 5.61. The molecule has 0 radical (unpaired) electrons. The van der Waals surface area contributed by atoms with E-state index >= 15 is 0 Å². The Morgan fingerprint density at radius 1 is 1.17 bits per heavy atom. The van der Waals surface area contributed by atoms with E-state index in [-0.39, 0.29) is 23.5 Å². The monoisotopic (exact) mass is 255 g/mol. The number of carbonyl (C=O) groups excluding carboxylic acids is 2. The largest absolute Gasteiger partial charge is 0.469 e. The van der Waals surface area contributed by atoms with E-state index in [2.05, 4.69) is 4.90 Å². The molecule has 2 rings (SSSR count). The predicted molar refractivity (Wildman–Crippen MR) is 64.8 cm³/mol. The van der Waals surface area contributed by atoms with Crippen molar-refractivity contribution >= 4 is 11.9 Å². The molecule has 0 N–H and O–H groups in total. The predicted octanol–water partition coefficient (Wildman–Crippen LogP) is 0.821. The normalized spacial score (nSPS) is 34.1. The Hall–Kier alpha value is -1.10. The Bertz CT molecular complexity index is 366. The molecule has 3 atom stereocenters. The van der Waals surface area contributed by atoms with Crippen LogP contribution in [0.5, 0.6) is 0 Å². The van der Waals surface area contributed by atoms with Gasteiger partial charge >= 0.3 is 11.9 Å². The summed E-state index contributed by atoms with van der Waals surface area (Å²) in [4.78, 5) is 26.3. The molecule has 0 saturated carbocycles. The van der Waals surface area contributed by atoms with Crippen LogP contribution in [0.15, 0.2) is 0 Å². The fraction of sp³-hybridized carbons (Fsp3) is 0.846. The van der Waals surface area contributed by atoms with Gasteiger partial charge in [-0.15, -0.1) is 0 Å². The zero-order chi connectivity index (χ0) is 13.5. The molecule has 18 heavy (non-hydrogen) atoms. The molecule has 5 nitrogen and oxygen atoms in total. The lowest BCUT2D eigenvalue weighted by molar-refractivity contribution is -0.158. The van der Waals surface area contributed by atoms with Gasteiger partial charge in [0.15, 0.2) is 0 Å². The molecular weight excluding hydrogens is 234 g/mol. The van der Waals surface area contributed by atoms with Crippen molar-refractivity contribution in [2.45, 2.75) is 38.3 Å². The zero-order valence-corrected chi connectivity index (χ0v) is 11.4. The quantitative estimate of drug-likeness (QED) is 0.684. The van der Waals surface area contributed by atoms with Crippen LogP contribution in [0.3, 0.4) is 0 Å². The molecule has 0 aromatic heterocycles. The number of ether oxygens (including phenoxy) is 2. The van der Waals surface area contributed by atoms with E-state index in [1.807, 2.05) is 13.8 Å². The van der Waals surface area contributed by atoms with E-state index < -0.39 is 11.8 Å². The molecule has 2 aliphatic heterocycles. The van der Waals surface area contributed by atoms with Crippen molar-refractivity contribution in [1.82, 2.24) is 4.90 Å². The van der Waals surface area contributed by atoms with Crippen LogP contribution in [-0.2, 0) is 19.1 Å². The summed E-state index contributed by atoms with van der Waals surface area (Å²) < 4.78 is 9.77. The van der Waals surface area contributed by atoms with Crippen LogP contribution in [0.1, 0.15) is 26.7 Å². The van der Waals surface area contributed by atoms with Crippen LogP contribution in [0.4, 0.5) is 0 Å². The lowest BCUT2D eigenvalue weighted by atomic mass is 9.79. The minimum absolute atomic E-state index is 0.108. The molecule has 0 spiro atoms. The number of esters is 2. The van der Waals surface area contributed by atoms with Crippen molar-refractivity contribution in [2.75, 3.05) is 20.8 Å². The topological polar surface area (TPSA) is 55.8 Å². The molecule has 0 amide bonds. The van der Waals surface area contributed by atoms with Gasteiger partial charge in [0.2, 0.25) is 0 Å². The maximum atomic E-state index is 12.0. The first-order valence-electron chi connectivity index (χ1n) is 6.37. The number of fused-ring (bicyclic) bond motifs is 1. The summed E-state index contributed by atoms with van der Waals surface area (Å²) in [6, 6.07) is 0.108. The summed E-state index contributed by atoms with van der Waals surface area (Å²) in [5.74, 6) is -1.46. The highest BCUT2D eigenvalue weighted by Gasteiger charge is 2.61. The molecule has 2 heterocycles. The van der Waals surface area contributed by atoms with Crippen LogP contribution in [0, 0.1) is 11.8 Å². The van der Waals surface area contributed by atoms with Gasteiger partial charge in [-0.3, -0.25) is 14.5 Å². The number of nitrogens with zero attached hydrogens (tertiary/aromatic N) is 1. The maximum Gasteiger partial charge on any atom is 0.311 e. The molecule has 2 saturated heterocycles. The van der Waals surface area contributed by atoms with Gasteiger partial charge in [0.25, 0.3) is 0 Å². The fourth-order valence-corrected chi connectivity index (χ4v) is 3.71. The summed E-state index contributed by atoms with van der Waals surface area (Å²) in [5, 5.41) is 0. The van der Waals surface area contributed by atoms with Crippen molar-refractivity contribution in [3.63, 3.8) is 0 Å².